The summed E-state index contributed by atoms with van der Waals surface area (Å²) < 4.78 is 11.6. The Bertz CT molecular complexity index is 438. The van der Waals surface area contributed by atoms with Crippen LogP contribution in [-0.2, 0) is 17.8 Å². The molecular formula is C16H26N2O2. The molecule has 1 aromatic rings. The zero-order chi connectivity index (χ0) is 14.2. The molecule has 2 saturated heterocycles. The number of furan rings is 1. The van der Waals surface area contributed by atoms with Crippen LogP contribution in [0.4, 0.5) is 0 Å². The van der Waals surface area contributed by atoms with Gasteiger partial charge in [-0.05, 0) is 39.7 Å². The molecule has 2 bridgehead atoms. The minimum Gasteiger partial charge on any atom is -0.468 e. The molecule has 2 aliphatic heterocycles. The predicted molar refractivity (Wildman–Crippen MR) is 78.5 cm³/mol. The molecular weight excluding hydrogens is 252 g/mol. The van der Waals surface area contributed by atoms with Gasteiger partial charge >= 0.3 is 0 Å². The van der Waals surface area contributed by atoms with E-state index in [9.17, 15) is 0 Å². The van der Waals surface area contributed by atoms with E-state index in [1.807, 2.05) is 6.26 Å². The van der Waals surface area contributed by atoms with E-state index in [1.54, 1.807) is 0 Å². The van der Waals surface area contributed by atoms with Crippen LogP contribution < -0.4 is 5.32 Å². The Kier molecular flexibility index (Phi) is 3.89. The molecule has 112 valence electrons. The summed E-state index contributed by atoms with van der Waals surface area (Å²) in [6.07, 6.45) is 5.22. The fourth-order valence-electron chi connectivity index (χ4n) is 3.02. The van der Waals surface area contributed by atoms with Crippen LogP contribution in [0.2, 0.25) is 0 Å². The molecule has 2 aliphatic rings. The second-order valence-electron chi connectivity index (χ2n) is 7.18. The number of ether oxygens (including phenoxy) is 1. The van der Waals surface area contributed by atoms with E-state index in [1.165, 1.54) is 18.4 Å². The van der Waals surface area contributed by atoms with Crippen LogP contribution in [0.15, 0.2) is 16.7 Å². The Balaban J connectivity index is 1.52. The maximum Gasteiger partial charge on any atom is 0.118 e. The molecule has 2 unspecified atom stereocenters. The maximum atomic E-state index is 5.86. The van der Waals surface area contributed by atoms with E-state index in [-0.39, 0.29) is 5.54 Å². The van der Waals surface area contributed by atoms with Gasteiger partial charge in [-0.3, -0.25) is 4.90 Å². The summed E-state index contributed by atoms with van der Waals surface area (Å²) in [7, 11) is 0. The summed E-state index contributed by atoms with van der Waals surface area (Å²) in [6.45, 7) is 10.4. The van der Waals surface area contributed by atoms with Crippen LogP contribution >= 0.6 is 0 Å². The third-order valence-electron chi connectivity index (χ3n) is 4.03. The highest BCUT2D eigenvalue weighted by Crippen LogP contribution is 2.27. The van der Waals surface area contributed by atoms with E-state index in [0.717, 1.165) is 31.9 Å². The second-order valence-corrected chi connectivity index (χ2v) is 7.18. The third kappa shape index (κ3) is 3.62. The molecule has 3 rings (SSSR count). The number of morpholine rings is 1. The Morgan fingerprint density at radius 1 is 1.25 bits per heavy atom. The van der Waals surface area contributed by atoms with Crippen molar-refractivity contribution in [1.82, 2.24) is 10.2 Å². The summed E-state index contributed by atoms with van der Waals surface area (Å²) >= 11 is 0. The Hall–Kier alpha value is -0.840. The average Bonchev–Trinajstić information content (AvgIpc) is 2.93. The number of nitrogens with one attached hydrogen (secondary N) is 1. The highest BCUT2D eigenvalue weighted by Gasteiger charge is 2.33. The fraction of sp³-hybridized carbons (Fsp3) is 0.750. The lowest BCUT2D eigenvalue weighted by Crippen LogP contribution is -2.41. The molecule has 1 N–H and O–H groups in total. The summed E-state index contributed by atoms with van der Waals surface area (Å²) in [6, 6.07) is 2.18. The van der Waals surface area contributed by atoms with Gasteiger partial charge in [-0.2, -0.15) is 0 Å². The van der Waals surface area contributed by atoms with E-state index < -0.39 is 0 Å². The first-order valence-corrected chi connectivity index (χ1v) is 7.67. The van der Waals surface area contributed by atoms with Crippen molar-refractivity contribution in [2.24, 2.45) is 0 Å². The van der Waals surface area contributed by atoms with Gasteiger partial charge in [0.2, 0.25) is 0 Å². The van der Waals surface area contributed by atoms with E-state index in [2.05, 4.69) is 37.1 Å². The van der Waals surface area contributed by atoms with Gasteiger partial charge in [0.25, 0.3) is 0 Å². The molecule has 0 spiro atoms. The van der Waals surface area contributed by atoms with Gasteiger partial charge in [-0.25, -0.2) is 0 Å². The first kappa shape index (κ1) is 14.1. The minimum atomic E-state index is 0.140. The SMILES string of the molecule is CC(C)(C)NCc1coc(CN2CC3CCC(C2)O3)c1. The molecule has 0 radical (unpaired) electrons. The van der Waals surface area contributed by atoms with Crippen molar-refractivity contribution >= 4 is 0 Å². The maximum absolute atomic E-state index is 5.86. The first-order chi connectivity index (χ1) is 9.48. The molecule has 4 nitrogen and oxygen atoms in total. The highest BCUT2D eigenvalue weighted by molar-refractivity contribution is 5.13. The van der Waals surface area contributed by atoms with Crippen molar-refractivity contribution in [1.29, 1.82) is 0 Å². The largest absolute Gasteiger partial charge is 0.468 e. The van der Waals surface area contributed by atoms with E-state index in [4.69, 9.17) is 9.15 Å². The molecule has 0 aromatic carbocycles. The van der Waals surface area contributed by atoms with Crippen LogP contribution in [0.3, 0.4) is 0 Å². The lowest BCUT2D eigenvalue weighted by Gasteiger charge is -2.31. The summed E-state index contributed by atoms with van der Waals surface area (Å²) in [5.74, 6) is 1.07. The number of hydrogen-bond donors (Lipinski definition) is 1. The lowest BCUT2D eigenvalue weighted by atomic mass is 10.1. The first-order valence-electron chi connectivity index (χ1n) is 7.67. The fourth-order valence-corrected chi connectivity index (χ4v) is 3.02. The number of rotatable bonds is 4. The third-order valence-corrected chi connectivity index (χ3v) is 4.03. The van der Waals surface area contributed by atoms with Crippen molar-refractivity contribution in [3.63, 3.8) is 0 Å². The Labute approximate surface area is 121 Å². The number of likely N-dealkylation sites (tertiary alicyclic amines) is 1. The van der Waals surface area contributed by atoms with Crippen molar-refractivity contribution < 1.29 is 9.15 Å². The normalized spacial score (nSPS) is 27.1. The molecule has 0 amide bonds. The molecule has 0 aliphatic carbocycles. The summed E-state index contributed by atoms with van der Waals surface area (Å²) in [4.78, 5) is 2.46. The highest BCUT2D eigenvalue weighted by atomic mass is 16.5. The van der Waals surface area contributed by atoms with Gasteiger partial charge in [0.1, 0.15) is 5.76 Å². The Morgan fingerprint density at radius 2 is 1.95 bits per heavy atom. The topological polar surface area (TPSA) is 37.6 Å². The molecule has 2 fully saturated rings. The predicted octanol–water partition coefficient (Wildman–Crippen LogP) is 2.53. The zero-order valence-corrected chi connectivity index (χ0v) is 12.8. The van der Waals surface area contributed by atoms with Crippen LogP contribution in [0.5, 0.6) is 0 Å². The quantitative estimate of drug-likeness (QED) is 0.918. The molecule has 0 saturated carbocycles. The van der Waals surface area contributed by atoms with Crippen LogP contribution in [0.1, 0.15) is 44.9 Å². The van der Waals surface area contributed by atoms with Gasteiger partial charge < -0.3 is 14.5 Å². The van der Waals surface area contributed by atoms with Gasteiger partial charge in [-0.15, -0.1) is 0 Å². The Morgan fingerprint density at radius 3 is 2.60 bits per heavy atom. The molecule has 20 heavy (non-hydrogen) atoms. The van der Waals surface area contributed by atoms with Crippen LogP contribution in [0, 0.1) is 0 Å². The average molecular weight is 278 g/mol. The molecule has 3 heterocycles. The number of nitrogens with zero attached hydrogens (tertiary/aromatic N) is 1. The van der Waals surface area contributed by atoms with Crippen molar-refractivity contribution in [2.45, 2.75) is 64.4 Å². The second kappa shape index (κ2) is 5.51. The monoisotopic (exact) mass is 278 g/mol. The zero-order valence-electron chi connectivity index (χ0n) is 12.8. The molecule has 2 atom stereocenters. The molecule has 1 aromatic heterocycles. The smallest absolute Gasteiger partial charge is 0.118 e. The number of fused-ring (bicyclic) bond motifs is 2. The van der Waals surface area contributed by atoms with E-state index >= 15 is 0 Å². The van der Waals surface area contributed by atoms with Crippen LogP contribution in [-0.4, -0.2) is 35.7 Å². The van der Waals surface area contributed by atoms with Crippen molar-refractivity contribution in [3.8, 4) is 0 Å². The van der Waals surface area contributed by atoms with Gasteiger partial charge in [0.15, 0.2) is 0 Å². The van der Waals surface area contributed by atoms with Gasteiger partial charge in [0.05, 0.1) is 25.0 Å². The van der Waals surface area contributed by atoms with Crippen molar-refractivity contribution in [2.75, 3.05) is 13.1 Å². The summed E-state index contributed by atoms with van der Waals surface area (Å²) in [5, 5.41) is 3.49. The lowest BCUT2D eigenvalue weighted by molar-refractivity contribution is -0.0427. The standard InChI is InChI=1S/C16H26N2O2/c1-16(2,3)17-7-12-6-15(19-11-12)10-18-8-13-4-5-14(9-18)20-13/h6,11,13-14,17H,4-5,7-10H2,1-3H3. The minimum absolute atomic E-state index is 0.140. The number of hydrogen-bond acceptors (Lipinski definition) is 4. The van der Waals surface area contributed by atoms with Gasteiger partial charge in [-0.1, -0.05) is 0 Å². The molecule has 4 heteroatoms. The van der Waals surface area contributed by atoms with Crippen molar-refractivity contribution in [3.05, 3.63) is 23.7 Å². The summed E-state index contributed by atoms with van der Waals surface area (Å²) in [5.41, 5.74) is 1.37. The van der Waals surface area contributed by atoms with Gasteiger partial charge in [0, 0.05) is 30.7 Å². The van der Waals surface area contributed by atoms with Crippen LogP contribution in [0.25, 0.3) is 0 Å². The van der Waals surface area contributed by atoms with E-state index in [0.29, 0.717) is 12.2 Å².